The summed E-state index contributed by atoms with van der Waals surface area (Å²) < 4.78 is 5.90. The van der Waals surface area contributed by atoms with Crippen LogP contribution in [0.3, 0.4) is 0 Å². The first kappa shape index (κ1) is 16.9. The van der Waals surface area contributed by atoms with Gasteiger partial charge in [-0.25, -0.2) is 0 Å². The highest BCUT2D eigenvalue weighted by molar-refractivity contribution is 4.96. The van der Waals surface area contributed by atoms with Gasteiger partial charge in [-0.15, -0.1) is 0 Å². The monoisotopic (exact) mass is 271 g/mol. The van der Waals surface area contributed by atoms with Gasteiger partial charge in [-0.2, -0.15) is 0 Å². The van der Waals surface area contributed by atoms with Gasteiger partial charge < -0.3 is 15.4 Å². The molecule has 1 fully saturated rings. The Morgan fingerprint density at radius 3 is 2.47 bits per heavy atom. The number of likely N-dealkylation sites (N-methyl/N-ethyl adjacent to an activating group) is 1. The normalized spacial score (nSPS) is 28.6. The van der Waals surface area contributed by atoms with Gasteiger partial charge in [0.1, 0.15) is 0 Å². The molecule has 4 nitrogen and oxygen atoms in total. The Kier molecular flexibility index (Phi) is 6.74. The molecule has 0 bridgehead atoms. The number of rotatable bonds is 7. The highest BCUT2D eigenvalue weighted by Crippen LogP contribution is 2.32. The summed E-state index contributed by atoms with van der Waals surface area (Å²) in [5, 5.41) is 0. The van der Waals surface area contributed by atoms with Gasteiger partial charge in [0.25, 0.3) is 0 Å². The SMILES string of the molecule is CC(C)C1CC(CN)(N(C)CCCN(C)C)CCO1. The van der Waals surface area contributed by atoms with Crippen molar-refractivity contribution in [3.8, 4) is 0 Å². The summed E-state index contributed by atoms with van der Waals surface area (Å²) in [4.78, 5) is 4.72. The van der Waals surface area contributed by atoms with Crippen molar-refractivity contribution >= 4 is 0 Å². The highest BCUT2D eigenvalue weighted by atomic mass is 16.5. The van der Waals surface area contributed by atoms with Gasteiger partial charge in [-0.05, 0) is 59.4 Å². The van der Waals surface area contributed by atoms with Gasteiger partial charge in [0.05, 0.1) is 6.10 Å². The molecule has 19 heavy (non-hydrogen) atoms. The van der Waals surface area contributed by atoms with E-state index in [0.29, 0.717) is 12.0 Å². The molecule has 2 atom stereocenters. The Labute approximate surface area is 119 Å². The van der Waals surface area contributed by atoms with E-state index in [4.69, 9.17) is 10.5 Å². The fourth-order valence-electron chi connectivity index (χ4n) is 2.91. The van der Waals surface area contributed by atoms with E-state index in [9.17, 15) is 0 Å². The first-order valence-corrected chi connectivity index (χ1v) is 7.59. The molecule has 2 unspecified atom stereocenters. The molecule has 1 aliphatic heterocycles. The van der Waals surface area contributed by atoms with E-state index < -0.39 is 0 Å². The average molecular weight is 271 g/mol. The number of hydrogen-bond donors (Lipinski definition) is 1. The summed E-state index contributed by atoms with van der Waals surface area (Å²) in [5.74, 6) is 0.571. The van der Waals surface area contributed by atoms with Crippen molar-refractivity contribution in [2.75, 3.05) is 47.4 Å². The van der Waals surface area contributed by atoms with E-state index in [-0.39, 0.29) is 5.54 Å². The van der Waals surface area contributed by atoms with Crippen molar-refractivity contribution in [1.82, 2.24) is 9.80 Å². The van der Waals surface area contributed by atoms with E-state index in [1.165, 1.54) is 6.42 Å². The van der Waals surface area contributed by atoms with Crippen LogP contribution in [-0.4, -0.2) is 68.8 Å². The Balaban J connectivity index is 2.57. The average Bonchev–Trinajstić information content (AvgIpc) is 2.38. The second kappa shape index (κ2) is 7.58. The predicted molar refractivity (Wildman–Crippen MR) is 81.4 cm³/mol. The first-order chi connectivity index (χ1) is 8.91. The van der Waals surface area contributed by atoms with Crippen LogP contribution in [-0.2, 0) is 4.74 Å². The lowest BCUT2D eigenvalue weighted by molar-refractivity contribution is -0.0817. The van der Waals surface area contributed by atoms with Crippen LogP contribution in [0.25, 0.3) is 0 Å². The molecule has 114 valence electrons. The summed E-state index contributed by atoms with van der Waals surface area (Å²) in [7, 11) is 6.48. The number of nitrogens with two attached hydrogens (primary N) is 1. The molecule has 0 aromatic carbocycles. The number of nitrogens with zero attached hydrogens (tertiary/aromatic N) is 2. The lowest BCUT2D eigenvalue weighted by Gasteiger charge is -2.47. The van der Waals surface area contributed by atoms with Crippen LogP contribution < -0.4 is 5.73 Å². The fraction of sp³-hybridized carbons (Fsp3) is 1.00. The maximum Gasteiger partial charge on any atom is 0.0616 e. The number of ether oxygens (including phenoxy) is 1. The van der Waals surface area contributed by atoms with Gasteiger partial charge in [0, 0.05) is 18.7 Å². The standard InChI is InChI=1S/C15H33N3O/c1-13(2)14-11-15(12-16,7-10-19-14)18(5)9-6-8-17(3)4/h13-14H,6-12,16H2,1-5H3. The fourth-order valence-corrected chi connectivity index (χ4v) is 2.91. The number of hydrogen-bond acceptors (Lipinski definition) is 4. The largest absolute Gasteiger partial charge is 0.378 e. The van der Waals surface area contributed by atoms with Crippen molar-refractivity contribution in [2.45, 2.75) is 44.8 Å². The molecular weight excluding hydrogens is 238 g/mol. The molecule has 0 aliphatic carbocycles. The molecule has 1 saturated heterocycles. The van der Waals surface area contributed by atoms with Crippen molar-refractivity contribution in [1.29, 1.82) is 0 Å². The Morgan fingerprint density at radius 2 is 1.95 bits per heavy atom. The highest BCUT2D eigenvalue weighted by Gasteiger charge is 2.39. The van der Waals surface area contributed by atoms with E-state index in [2.05, 4.69) is 44.8 Å². The van der Waals surface area contributed by atoms with Crippen LogP contribution in [0.1, 0.15) is 33.1 Å². The minimum Gasteiger partial charge on any atom is -0.378 e. The second-order valence-electron chi connectivity index (χ2n) is 6.61. The summed E-state index contributed by atoms with van der Waals surface area (Å²) in [6, 6.07) is 0. The van der Waals surface area contributed by atoms with Crippen LogP contribution >= 0.6 is 0 Å². The minimum absolute atomic E-state index is 0.138. The Hall–Kier alpha value is -0.160. The summed E-state index contributed by atoms with van der Waals surface area (Å²) in [6.45, 7) is 8.30. The zero-order valence-electron chi connectivity index (χ0n) is 13.5. The molecule has 0 aromatic heterocycles. The van der Waals surface area contributed by atoms with Crippen molar-refractivity contribution in [3.63, 3.8) is 0 Å². The molecule has 4 heteroatoms. The van der Waals surface area contributed by atoms with E-state index in [1.54, 1.807) is 0 Å². The second-order valence-corrected chi connectivity index (χ2v) is 6.61. The third kappa shape index (κ3) is 4.71. The van der Waals surface area contributed by atoms with Gasteiger partial charge in [-0.3, -0.25) is 4.90 Å². The van der Waals surface area contributed by atoms with Crippen molar-refractivity contribution in [3.05, 3.63) is 0 Å². The van der Waals surface area contributed by atoms with Gasteiger partial charge >= 0.3 is 0 Å². The van der Waals surface area contributed by atoms with Crippen molar-refractivity contribution < 1.29 is 4.74 Å². The molecule has 1 rings (SSSR count). The lowest BCUT2D eigenvalue weighted by Crippen LogP contribution is -2.58. The van der Waals surface area contributed by atoms with Crippen LogP contribution in [0.2, 0.25) is 0 Å². The molecule has 0 saturated carbocycles. The lowest BCUT2D eigenvalue weighted by atomic mass is 9.82. The topological polar surface area (TPSA) is 41.7 Å². The summed E-state index contributed by atoms with van der Waals surface area (Å²) in [5.41, 5.74) is 6.26. The molecule has 1 aliphatic rings. The van der Waals surface area contributed by atoms with Gasteiger partial charge in [-0.1, -0.05) is 13.8 Å². The maximum absolute atomic E-state index is 6.13. The molecule has 0 amide bonds. The molecule has 2 N–H and O–H groups in total. The maximum atomic E-state index is 6.13. The quantitative estimate of drug-likeness (QED) is 0.760. The van der Waals surface area contributed by atoms with Crippen molar-refractivity contribution in [2.24, 2.45) is 11.7 Å². The molecule has 1 heterocycles. The minimum atomic E-state index is 0.138. The summed E-state index contributed by atoms with van der Waals surface area (Å²) in [6.07, 6.45) is 3.68. The molecule has 0 radical (unpaired) electrons. The first-order valence-electron chi connectivity index (χ1n) is 7.59. The molecular formula is C15H33N3O. The van der Waals surface area contributed by atoms with Gasteiger partial charge in [0.2, 0.25) is 0 Å². The zero-order valence-corrected chi connectivity index (χ0v) is 13.5. The Morgan fingerprint density at radius 1 is 1.26 bits per heavy atom. The van der Waals surface area contributed by atoms with Crippen LogP contribution in [0.4, 0.5) is 0 Å². The Bertz CT molecular complexity index is 258. The summed E-state index contributed by atoms with van der Waals surface area (Å²) >= 11 is 0. The zero-order chi connectivity index (χ0) is 14.5. The van der Waals surface area contributed by atoms with E-state index in [0.717, 1.165) is 39.1 Å². The van der Waals surface area contributed by atoms with Crippen LogP contribution in [0, 0.1) is 5.92 Å². The van der Waals surface area contributed by atoms with Crippen LogP contribution in [0.15, 0.2) is 0 Å². The third-order valence-corrected chi connectivity index (χ3v) is 4.51. The van der Waals surface area contributed by atoms with E-state index in [1.807, 2.05) is 0 Å². The predicted octanol–water partition coefficient (Wildman–Crippen LogP) is 1.40. The third-order valence-electron chi connectivity index (χ3n) is 4.51. The van der Waals surface area contributed by atoms with Crippen LogP contribution in [0.5, 0.6) is 0 Å². The molecule has 0 aromatic rings. The van der Waals surface area contributed by atoms with Gasteiger partial charge in [0.15, 0.2) is 0 Å². The molecule has 0 spiro atoms. The van der Waals surface area contributed by atoms with E-state index >= 15 is 0 Å². The smallest absolute Gasteiger partial charge is 0.0616 e.